The Kier molecular flexibility index (Phi) is 10.1. The average Bonchev–Trinajstić information content (AvgIpc) is 2.76. The van der Waals surface area contributed by atoms with Crippen LogP contribution in [0.5, 0.6) is 5.75 Å². The third-order valence-corrected chi connectivity index (χ3v) is 6.39. The van der Waals surface area contributed by atoms with Crippen LogP contribution in [0.3, 0.4) is 0 Å². The van der Waals surface area contributed by atoms with Crippen molar-refractivity contribution in [2.24, 2.45) is 11.8 Å². The molecule has 7 heteroatoms. The second kappa shape index (κ2) is 12.6. The Labute approximate surface area is 204 Å². The summed E-state index contributed by atoms with van der Waals surface area (Å²) >= 11 is 0. The molecule has 3 N–H and O–H groups in total. The smallest absolute Gasteiger partial charge is 0.295 e. The lowest BCUT2D eigenvalue weighted by Gasteiger charge is -2.20. The molecule has 0 unspecified atom stereocenters. The minimum absolute atomic E-state index is 0.0260. The number of hydrogen-bond donors (Lipinski definition) is 2. The van der Waals surface area contributed by atoms with E-state index in [4.69, 9.17) is 15.1 Å². The van der Waals surface area contributed by atoms with Crippen LogP contribution in [0.4, 0.5) is 5.69 Å². The van der Waals surface area contributed by atoms with Gasteiger partial charge in [-0.1, -0.05) is 61.9 Å². The van der Waals surface area contributed by atoms with E-state index in [1.54, 1.807) is 31.0 Å². The van der Waals surface area contributed by atoms with Gasteiger partial charge < -0.3 is 9.75 Å². The molecule has 0 radical (unpaired) electrons. The van der Waals surface area contributed by atoms with Gasteiger partial charge in [0.2, 0.25) is 0 Å². The number of rotatable bonds is 8. The first-order chi connectivity index (χ1) is 16.0. The highest BCUT2D eigenvalue weighted by molar-refractivity contribution is 7.86. The highest BCUT2D eigenvalue weighted by Gasteiger charge is 2.16. The predicted octanol–water partition coefficient (Wildman–Crippen LogP) is 5.85. The van der Waals surface area contributed by atoms with Gasteiger partial charge in [-0.15, -0.1) is 0 Å². The SMILES string of the molecule is CC(C)CCN(N)c1ccc(OCc2ccccc2)cc1.Cc1cc(C)c(S(=O)(=O)O)c(C)c1. The van der Waals surface area contributed by atoms with E-state index < -0.39 is 10.1 Å². The van der Waals surface area contributed by atoms with E-state index in [1.165, 1.54) is 5.56 Å². The number of aryl methyl sites for hydroxylation is 3. The molecule has 0 bridgehead atoms. The Balaban J connectivity index is 0.000000270. The summed E-state index contributed by atoms with van der Waals surface area (Å²) in [7, 11) is -4.08. The summed E-state index contributed by atoms with van der Waals surface area (Å²) in [6.45, 7) is 11.1. The van der Waals surface area contributed by atoms with Gasteiger partial charge in [0.25, 0.3) is 10.1 Å². The molecule has 0 amide bonds. The van der Waals surface area contributed by atoms with Crippen molar-refractivity contribution >= 4 is 15.8 Å². The lowest BCUT2D eigenvalue weighted by Crippen LogP contribution is -2.32. The number of benzene rings is 3. The molecule has 0 saturated heterocycles. The van der Waals surface area contributed by atoms with E-state index >= 15 is 0 Å². The minimum Gasteiger partial charge on any atom is -0.489 e. The van der Waals surface area contributed by atoms with Gasteiger partial charge in [0, 0.05) is 6.54 Å². The van der Waals surface area contributed by atoms with Gasteiger partial charge in [0.1, 0.15) is 12.4 Å². The molecule has 3 aromatic rings. The second-order valence-corrected chi connectivity index (χ2v) is 10.2. The standard InChI is InChI=1S/C18H24N2O.C9H12O3S/c1-15(2)12-13-20(19)17-8-10-18(11-9-17)21-14-16-6-4-3-5-7-16;1-6-4-7(2)9(8(3)5-6)13(10,11)12/h3-11,15H,12-14,19H2,1-2H3;4-5H,1-3H3,(H,10,11,12). The van der Waals surface area contributed by atoms with Crippen LogP contribution in [0, 0.1) is 26.7 Å². The van der Waals surface area contributed by atoms with Crippen LogP contribution in [-0.2, 0) is 16.7 Å². The maximum Gasteiger partial charge on any atom is 0.295 e. The second-order valence-electron chi connectivity index (χ2n) is 8.85. The molecular weight excluding hydrogens is 448 g/mol. The summed E-state index contributed by atoms with van der Waals surface area (Å²) in [6, 6.07) is 21.6. The highest BCUT2D eigenvalue weighted by Crippen LogP contribution is 2.21. The summed E-state index contributed by atoms with van der Waals surface area (Å²) in [6.07, 6.45) is 1.09. The summed E-state index contributed by atoms with van der Waals surface area (Å²) in [5.74, 6) is 7.57. The fourth-order valence-electron chi connectivity index (χ4n) is 3.57. The molecule has 0 aliphatic heterocycles. The topological polar surface area (TPSA) is 92.9 Å². The molecule has 0 aromatic heterocycles. The molecule has 0 fully saturated rings. The predicted molar refractivity (Wildman–Crippen MR) is 139 cm³/mol. The Bertz CT molecular complexity index is 1120. The number of anilines is 1. The molecule has 184 valence electrons. The van der Waals surface area contributed by atoms with Gasteiger partial charge in [-0.05, 0) is 74.1 Å². The van der Waals surface area contributed by atoms with E-state index in [-0.39, 0.29) is 4.90 Å². The first-order valence-corrected chi connectivity index (χ1v) is 12.8. The zero-order chi connectivity index (χ0) is 25.3. The quantitative estimate of drug-likeness (QED) is 0.237. The summed E-state index contributed by atoms with van der Waals surface area (Å²) < 4.78 is 36.6. The van der Waals surface area contributed by atoms with Crippen molar-refractivity contribution in [2.75, 3.05) is 11.6 Å². The summed E-state index contributed by atoms with van der Waals surface area (Å²) in [4.78, 5) is 0.0260. The fourth-order valence-corrected chi connectivity index (χ4v) is 4.51. The van der Waals surface area contributed by atoms with Crippen molar-refractivity contribution in [3.8, 4) is 5.75 Å². The lowest BCUT2D eigenvalue weighted by atomic mass is 10.1. The maximum absolute atomic E-state index is 10.9. The largest absolute Gasteiger partial charge is 0.489 e. The first kappa shape index (κ1) is 27.4. The zero-order valence-electron chi connectivity index (χ0n) is 20.7. The fraction of sp³-hybridized carbons (Fsp3) is 0.333. The van der Waals surface area contributed by atoms with Crippen LogP contribution >= 0.6 is 0 Å². The minimum atomic E-state index is -4.08. The third kappa shape index (κ3) is 8.82. The van der Waals surface area contributed by atoms with Crippen LogP contribution in [0.25, 0.3) is 0 Å². The normalized spacial score (nSPS) is 11.1. The van der Waals surface area contributed by atoms with E-state index in [0.29, 0.717) is 23.7 Å². The average molecular weight is 485 g/mol. The van der Waals surface area contributed by atoms with Crippen molar-refractivity contribution in [2.45, 2.75) is 52.5 Å². The highest BCUT2D eigenvalue weighted by atomic mass is 32.2. The van der Waals surface area contributed by atoms with E-state index in [1.807, 2.05) is 49.4 Å². The molecular formula is C27H36N2O4S. The van der Waals surface area contributed by atoms with Gasteiger partial charge in [-0.25, -0.2) is 5.84 Å². The van der Waals surface area contributed by atoms with Crippen molar-refractivity contribution in [3.05, 3.63) is 89.0 Å². The maximum atomic E-state index is 10.9. The van der Waals surface area contributed by atoms with Crippen LogP contribution in [0.15, 0.2) is 71.6 Å². The molecule has 0 aliphatic rings. The molecule has 3 rings (SSSR count). The number of nitrogens with two attached hydrogens (primary N) is 1. The Morgan fingerprint density at radius 2 is 1.50 bits per heavy atom. The molecule has 6 nitrogen and oxygen atoms in total. The van der Waals surface area contributed by atoms with E-state index in [0.717, 1.165) is 30.0 Å². The summed E-state index contributed by atoms with van der Waals surface area (Å²) in [5.41, 5.74) is 4.34. The van der Waals surface area contributed by atoms with Gasteiger partial charge >= 0.3 is 0 Å². The van der Waals surface area contributed by atoms with Crippen LogP contribution < -0.4 is 15.6 Å². The molecule has 0 atom stereocenters. The van der Waals surface area contributed by atoms with Crippen molar-refractivity contribution in [1.82, 2.24) is 0 Å². The molecule has 0 heterocycles. The zero-order valence-corrected chi connectivity index (χ0v) is 21.5. The first-order valence-electron chi connectivity index (χ1n) is 11.3. The Hall–Kier alpha value is -2.87. The number of hydrogen-bond acceptors (Lipinski definition) is 5. The van der Waals surface area contributed by atoms with Crippen molar-refractivity contribution < 1.29 is 17.7 Å². The third-order valence-electron chi connectivity index (χ3n) is 5.23. The molecule has 0 spiro atoms. The Morgan fingerprint density at radius 3 is 2.00 bits per heavy atom. The molecule has 34 heavy (non-hydrogen) atoms. The monoisotopic (exact) mass is 484 g/mol. The van der Waals surface area contributed by atoms with Gasteiger partial charge in [-0.2, -0.15) is 8.42 Å². The molecule has 0 aliphatic carbocycles. The lowest BCUT2D eigenvalue weighted by molar-refractivity contribution is 0.306. The van der Waals surface area contributed by atoms with E-state index in [9.17, 15) is 8.42 Å². The van der Waals surface area contributed by atoms with Crippen LogP contribution in [-0.4, -0.2) is 19.5 Å². The Morgan fingerprint density at radius 1 is 0.941 bits per heavy atom. The van der Waals surface area contributed by atoms with Crippen molar-refractivity contribution in [1.29, 1.82) is 0 Å². The number of ether oxygens (including phenoxy) is 1. The molecule has 0 saturated carbocycles. The van der Waals surface area contributed by atoms with E-state index in [2.05, 4.69) is 26.0 Å². The number of hydrazine groups is 1. The van der Waals surface area contributed by atoms with Gasteiger partial charge in [0.15, 0.2) is 0 Å². The molecule has 3 aromatic carbocycles. The van der Waals surface area contributed by atoms with Crippen LogP contribution in [0.2, 0.25) is 0 Å². The van der Waals surface area contributed by atoms with Gasteiger partial charge in [0.05, 0.1) is 10.6 Å². The summed E-state index contributed by atoms with van der Waals surface area (Å²) in [5, 5.41) is 1.79. The van der Waals surface area contributed by atoms with Crippen molar-refractivity contribution in [3.63, 3.8) is 0 Å². The van der Waals surface area contributed by atoms with Gasteiger partial charge in [-0.3, -0.25) is 4.55 Å². The van der Waals surface area contributed by atoms with Crippen LogP contribution in [0.1, 0.15) is 42.5 Å². The number of nitrogens with zero attached hydrogens (tertiary/aromatic N) is 1.